The Balaban J connectivity index is 1.82. The maximum Gasteiger partial charge on any atom is 0.239 e. The molecule has 3 N–H and O–H groups in total. The second-order valence-electron chi connectivity index (χ2n) is 4.93. The molecule has 0 fully saturated rings. The minimum Gasteiger partial charge on any atom is -0.340 e. The lowest BCUT2D eigenvalue weighted by atomic mass is 10.0. The van der Waals surface area contributed by atoms with E-state index < -0.39 is 6.04 Å². The zero-order valence-electron chi connectivity index (χ0n) is 11.6. The fraction of sp³-hybridized carbons (Fsp3) is 0.333. The van der Waals surface area contributed by atoms with Crippen LogP contribution >= 0.6 is 0 Å². The van der Waals surface area contributed by atoms with Gasteiger partial charge in [-0.2, -0.15) is 5.10 Å². The number of carbonyl (C=O) groups excluding carboxylic acids is 1. The van der Waals surface area contributed by atoms with Crippen LogP contribution in [0, 0.1) is 0 Å². The number of aromatic amines is 1. The van der Waals surface area contributed by atoms with Gasteiger partial charge in [0.1, 0.15) is 0 Å². The Kier molecular flexibility index (Phi) is 4.90. The normalized spacial score (nSPS) is 12.1. The van der Waals surface area contributed by atoms with Crippen molar-refractivity contribution in [1.29, 1.82) is 0 Å². The molecule has 0 saturated carbocycles. The molecule has 0 spiro atoms. The van der Waals surface area contributed by atoms with Crippen LogP contribution in [-0.4, -0.2) is 34.1 Å². The number of rotatable bonds is 6. The van der Waals surface area contributed by atoms with E-state index in [1.54, 1.807) is 24.3 Å². The lowest BCUT2D eigenvalue weighted by Gasteiger charge is -2.20. The van der Waals surface area contributed by atoms with Gasteiger partial charge in [-0.25, -0.2) is 0 Å². The van der Waals surface area contributed by atoms with E-state index in [-0.39, 0.29) is 5.91 Å². The molecule has 2 rings (SSSR count). The number of nitrogens with two attached hydrogens (primary N) is 1. The van der Waals surface area contributed by atoms with E-state index in [0.717, 1.165) is 12.0 Å². The van der Waals surface area contributed by atoms with Gasteiger partial charge in [-0.3, -0.25) is 9.89 Å². The van der Waals surface area contributed by atoms with Gasteiger partial charge in [-0.05, 0) is 18.4 Å². The number of carbonyl (C=O) groups is 1. The maximum absolute atomic E-state index is 12.2. The number of likely N-dealkylation sites (N-methyl/N-ethyl adjacent to an activating group) is 1. The third-order valence-electron chi connectivity index (χ3n) is 3.25. The van der Waals surface area contributed by atoms with Crippen molar-refractivity contribution in [3.63, 3.8) is 0 Å². The van der Waals surface area contributed by atoms with Gasteiger partial charge >= 0.3 is 0 Å². The molecule has 0 bridgehead atoms. The molecule has 20 heavy (non-hydrogen) atoms. The second kappa shape index (κ2) is 6.86. The number of hydrogen-bond acceptors (Lipinski definition) is 3. The van der Waals surface area contributed by atoms with E-state index in [9.17, 15) is 4.79 Å². The maximum atomic E-state index is 12.2. The summed E-state index contributed by atoms with van der Waals surface area (Å²) in [5.74, 6) is -0.0397. The Hall–Kier alpha value is -2.14. The molecule has 106 valence electrons. The van der Waals surface area contributed by atoms with E-state index in [0.29, 0.717) is 13.0 Å². The molecule has 1 aromatic carbocycles. The largest absolute Gasteiger partial charge is 0.340 e. The van der Waals surface area contributed by atoms with Gasteiger partial charge in [0.15, 0.2) is 0 Å². The first kappa shape index (κ1) is 14.3. The first-order valence-corrected chi connectivity index (χ1v) is 6.69. The Morgan fingerprint density at radius 2 is 2.10 bits per heavy atom. The quantitative estimate of drug-likeness (QED) is 0.833. The van der Waals surface area contributed by atoms with Crippen LogP contribution in [0.3, 0.4) is 0 Å². The topological polar surface area (TPSA) is 75.0 Å². The zero-order valence-corrected chi connectivity index (χ0v) is 11.6. The minimum atomic E-state index is -0.466. The SMILES string of the molecule is CN(Cc1cn[nH]c1)C(=O)C(N)CCc1ccccc1. The van der Waals surface area contributed by atoms with Gasteiger partial charge in [0.25, 0.3) is 0 Å². The van der Waals surface area contributed by atoms with Crippen molar-refractivity contribution in [3.05, 3.63) is 53.9 Å². The van der Waals surface area contributed by atoms with E-state index in [4.69, 9.17) is 5.73 Å². The van der Waals surface area contributed by atoms with Gasteiger partial charge < -0.3 is 10.6 Å². The highest BCUT2D eigenvalue weighted by atomic mass is 16.2. The summed E-state index contributed by atoms with van der Waals surface area (Å²) in [6.07, 6.45) is 4.95. The summed E-state index contributed by atoms with van der Waals surface area (Å²) in [4.78, 5) is 13.8. The van der Waals surface area contributed by atoms with Gasteiger partial charge in [0.05, 0.1) is 12.2 Å². The van der Waals surface area contributed by atoms with E-state index in [2.05, 4.69) is 10.2 Å². The van der Waals surface area contributed by atoms with Crippen LogP contribution in [0.5, 0.6) is 0 Å². The lowest BCUT2D eigenvalue weighted by Crippen LogP contribution is -2.41. The molecule has 1 atom stereocenters. The molecular weight excluding hydrogens is 252 g/mol. The Morgan fingerprint density at radius 3 is 2.75 bits per heavy atom. The van der Waals surface area contributed by atoms with Crippen molar-refractivity contribution < 1.29 is 4.79 Å². The third kappa shape index (κ3) is 3.93. The summed E-state index contributed by atoms with van der Waals surface area (Å²) >= 11 is 0. The molecule has 0 aliphatic rings. The molecule has 0 saturated heterocycles. The second-order valence-corrected chi connectivity index (χ2v) is 4.93. The van der Waals surface area contributed by atoms with E-state index >= 15 is 0 Å². The van der Waals surface area contributed by atoms with Crippen LogP contribution in [0.4, 0.5) is 0 Å². The number of aromatic nitrogens is 2. The average Bonchev–Trinajstić information content (AvgIpc) is 2.98. The molecule has 1 heterocycles. The third-order valence-corrected chi connectivity index (χ3v) is 3.25. The predicted octanol–water partition coefficient (Wildman–Crippen LogP) is 1.33. The molecule has 0 aliphatic carbocycles. The van der Waals surface area contributed by atoms with Crippen LogP contribution in [0.1, 0.15) is 17.5 Å². The summed E-state index contributed by atoms with van der Waals surface area (Å²) in [6, 6.07) is 9.60. The first-order valence-electron chi connectivity index (χ1n) is 6.69. The number of nitrogens with one attached hydrogen (secondary N) is 1. The summed E-state index contributed by atoms with van der Waals surface area (Å²) in [7, 11) is 1.76. The zero-order chi connectivity index (χ0) is 14.4. The Morgan fingerprint density at radius 1 is 1.35 bits per heavy atom. The summed E-state index contributed by atoms with van der Waals surface area (Å²) in [5.41, 5.74) is 8.15. The number of aryl methyl sites for hydroxylation is 1. The molecule has 5 heteroatoms. The van der Waals surface area contributed by atoms with Gasteiger partial charge in [0.2, 0.25) is 5.91 Å². The standard InChI is InChI=1S/C15H20N4O/c1-19(11-13-9-17-18-10-13)15(20)14(16)8-7-12-5-3-2-4-6-12/h2-6,9-10,14H,7-8,11,16H2,1H3,(H,17,18). The van der Waals surface area contributed by atoms with Crippen LogP contribution in [-0.2, 0) is 17.8 Å². The monoisotopic (exact) mass is 272 g/mol. The molecule has 1 aromatic heterocycles. The number of amides is 1. The number of H-pyrrole nitrogens is 1. The number of nitrogens with zero attached hydrogens (tertiary/aromatic N) is 2. The smallest absolute Gasteiger partial charge is 0.239 e. The predicted molar refractivity (Wildman–Crippen MR) is 77.8 cm³/mol. The van der Waals surface area contributed by atoms with Crippen LogP contribution in [0.25, 0.3) is 0 Å². The molecule has 1 unspecified atom stereocenters. The summed E-state index contributed by atoms with van der Waals surface area (Å²) in [6.45, 7) is 0.522. The highest BCUT2D eigenvalue weighted by Gasteiger charge is 2.18. The first-order chi connectivity index (χ1) is 9.66. The van der Waals surface area contributed by atoms with Crippen molar-refractivity contribution >= 4 is 5.91 Å². The molecule has 1 amide bonds. The number of benzene rings is 1. The average molecular weight is 272 g/mol. The molecule has 0 radical (unpaired) electrons. The molecule has 5 nitrogen and oxygen atoms in total. The van der Waals surface area contributed by atoms with Crippen LogP contribution in [0.15, 0.2) is 42.7 Å². The van der Waals surface area contributed by atoms with E-state index in [1.807, 2.05) is 30.3 Å². The van der Waals surface area contributed by atoms with Crippen molar-refractivity contribution in [3.8, 4) is 0 Å². The Labute approximate surface area is 118 Å². The highest BCUT2D eigenvalue weighted by Crippen LogP contribution is 2.07. The van der Waals surface area contributed by atoms with Gasteiger partial charge in [-0.15, -0.1) is 0 Å². The van der Waals surface area contributed by atoms with Crippen LogP contribution in [0.2, 0.25) is 0 Å². The number of hydrogen-bond donors (Lipinski definition) is 2. The highest BCUT2D eigenvalue weighted by molar-refractivity contribution is 5.81. The van der Waals surface area contributed by atoms with Gasteiger partial charge in [-0.1, -0.05) is 30.3 Å². The lowest BCUT2D eigenvalue weighted by molar-refractivity contribution is -0.131. The van der Waals surface area contributed by atoms with E-state index in [1.165, 1.54) is 5.56 Å². The molecular formula is C15H20N4O. The van der Waals surface area contributed by atoms with Crippen LogP contribution < -0.4 is 5.73 Å². The minimum absolute atomic E-state index is 0.0397. The van der Waals surface area contributed by atoms with Crippen molar-refractivity contribution in [1.82, 2.24) is 15.1 Å². The Bertz CT molecular complexity index is 524. The fourth-order valence-electron chi connectivity index (χ4n) is 2.09. The summed E-state index contributed by atoms with van der Waals surface area (Å²) in [5, 5.41) is 6.59. The molecule has 0 aliphatic heterocycles. The van der Waals surface area contributed by atoms with Crippen molar-refractivity contribution in [2.75, 3.05) is 7.05 Å². The summed E-state index contributed by atoms with van der Waals surface area (Å²) < 4.78 is 0. The van der Waals surface area contributed by atoms with Crippen molar-refractivity contribution in [2.24, 2.45) is 5.73 Å². The van der Waals surface area contributed by atoms with Gasteiger partial charge in [0, 0.05) is 25.4 Å². The fourth-order valence-corrected chi connectivity index (χ4v) is 2.09. The molecule has 2 aromatic rings. The van der Waals surface area contributed by atoms with Crippen molar-refractivity contribution in [2.45, 2.75) is 25.4 Å².